The number of rotatable bonds is 7. The maximum atomic E-state index is 12.0. The normalized spacial score (nSPS) is 11.1. The van der Waals surface area contributed by atoms with Gasteiger partial charge in [-0.15, -0.1) is 16.4 Å². The molecule has 26 heavy (non-hydrogen) atoms. The lowest BCUT2D eigenvalue weighted by Crippen LogP contribution is -2.27. The molecule has 3 N–H and O–H groups in total. The van der Waals surface area contributed by atoms with Crippen molar-refractivity contribution in [3.05, 3.63) is 53.5 Å². The van der Waals surface area contributed by atoms with Crippen LogP contribution in [0.3, 0.4) is 0 Å². The number of hydrogen-bond donors (Lipinski definition) is 3. The first-order chi connectivity index (χ1) is 12.8. The third kappa shape index (κ3) is 3.81. The Labute approximate surface area is 158 Å². The fraction of sp³-hybridized carbons (Fsp3) is 0.167. The smallest absolute Gasteiger partial charge is 0.230 e. The van der Waals surface area contributed by atoms with E-state index in [9.17, 15) is 4.79 Å². The van der Waals surface area contributed by atoms with Crippen LogP contribution in [0, 0.1) is 0 Å². The molecule has 0 unspecified atom stereocenters. The van der Waals surface area contributed by atoms with Crippen molar-refractivity contribution in [3.8, 4) is 10.7 Å². The Morgan fingerprint density at radius 2 is 2.15 bits per heavy atom. The Morgan fingerprint density at radius 1 is 1.23 bits per heavy atom. The van der Waals surface area contributed by atoms with Gasteiger partial charge < -0.3 is 10.3 Å². The number of carbonyl (C=O) groups excluding carboxylic acids is 1. The number of amides is 1. The van der Waals surface area contributed by atoms with Gasteiger partial charge in [0, 0.05) is 23.6 Å². The summed E-state index contributed by atoms with van der Waals surface area (Å²) in [4.78, 5) is 20.7. The van der Waals surface area contributed by atoms with Crippen LogP contribution in [0.5, 0.6) is 0 Å². The third-order valence-electron chi connectivity index (χ3n) is 3.94. The Bertz CT molecular complexity index is 1010. The van der Waals surface area contributed by atoms with Crippen LogP contribution >= 0.6 is 23.1 Å². The lowest BCUT2D eigenvalue weighted by atomic mass is 10.1. The summed E-state index contributed by atoms with van der Waals surface area (Å²) in [6.45, 7) is 0.607. The summed E-state index contributed by atoms with van der Waals surface area (Å²) in [5.41, 5.74) is 2.33. The molecule has 8 heteroatoms. The molecule has 0 saturated carbocycles. The van der Waals surface area contributed by atoms with Crippen molar-refractivity contribution < 1.29 is 4.79 Å². The molecule has 0 aliphatic heterocycles. The molecule has 0 saturated heterocycles. The number of fused-ring (bicyclic) bond motifs is 1. The second kappa shape index (κ2) is 7.76. The van der Waals surface area contributed by atoms with E-state index in [0.29, 0.717) is 17.5 Å². The number of thioether (sulfide) groups is 1. The van der Waals surface area contributed by atoms with Gasteiger partial charge in [0.25, 0.3) is 0 Å². The van der Waals surface area contributed by atoms with Crippen molar-refractivity contribution in [1.82, 2.24) is 25.5 Å². The van der Waals surface area contributed by atoms with E-state index in [0.717, 1.165) is 22.6 Å². The topological polar surface area (TPSA) is 86.5 Å². The Hall–Kier alpha value is -2.58. The monoisotopic (exact) mass is 383 g/mol. The number of thiophene rings is 1. The predicted molar refractivity (Wildman–Crippen MR) is 105 cm³/mol. The van der Waals surface area contributed by atoms with Crippen molar-refractivity contribution in [3.63, 3.8) is 0 Å². The van der Waals surface area contributed by atoms with E-state index in [1.165, 1.54) is 22.7 Å². The standard InChI is InChI=1S/C18H17N5OS2/c24-16(11-26-18-21-17(22-23-18)15-6-3-9-25-15)19-8-7-12-10-20-14-5-2-1-4-13(12)14/h1-6,9-10,20H,7-8,11H2,(H,19,24)(H,21,22,23). The largest absolute Gasteiger partial charge is 0.361 e. The molecule has 3 heterocycles. The maximum absolute atomic E-state index is 12.0. The average Bonchev–Trinajstić information content (AvgIpc) is 3.40. The zero-order chi connectivity index (χ0) is 17.8. The summed E-state index contributed by atoms with van der Waals surface area (Å²) < 4.78 is 0. The number of aromatic amines is 2. The minimum Gasteiger partial charge on any atom is -0.361 e. The van der Waals surface area contributed by atoms with E-state index >= 15 is 0 Å². The lowest BCUT2D eigenvalue weighted by Gasteiger charge is -2.03. The van der Waals surface area contributed by atoms with Gasteiger partial charge in [-0.25, -0.2) is 4.98 Å². The van der Waals surface area contributed by atoms with Crippen LogP contribution in [0.15, 0.2) is 53.1 Å². The second-order valence-electron chi connectivity index (χ2n) is 5.69. The predicted octanol–water partition coefficient (Wildman–Crippen LogP) is 3.47. The molecule has 0 bridgehead atoms. The van der Waals surface area contributed by atoms with E-state index in [1.54, 1.807) is 11.3 Å². The Balaban J connectivity index is 1.24. The van der Waals surface area contributed by atoms with E-state index in [2.05, 4.69) is 37.6 Å². The molecule has 0 spiro atoms. The zero-order valence-electron chi connectivity index (χ0n) is 13.9. The first-order valence-electron chi connectivity index (χ1n) is 8.20. The summed E-state index contributed by atoms with van der Waals surface area (Å²) in [6, 6.07) is 12.1. The number of carbonyl (C=O) groups is 1. The van der Waals surface area contributed by atoms with Crippen molar-refractivity contribution in [2.75, 3.05) is 12.3 Å². The highest BCUT2D eigenvalue weighted by Crippen LogP contribution is 2.23. The molecular formula is C18H17N5OS2. The zero-order valence-corrected chi connectivity index (χ0v) is 15.5. The SMILES string of the molecule is O=C(CSc1n[nH]c(-c2cccs2)n1)NCCc1c[nH]c2ccccc12. The van der Waals surface area contributed by atoms with Gasteiger partial charge in [0.05, 0.1) is 10.6 Å². The van der Waals surface area contributed by atoms with Gasteiger partial charge in [0.15, 0.2) is 5.82 Å². The number of H-pyrrole nitrogens is 2. The van der Waals surface area contributed by atoms with E-state index in [-0.39, 0.29) is 5.91 Å². The molecule has 4 rings (SSSR count). The molecule has 3 aromatic heterocycles. The molecule has 0 atom stereocenters. The van der Waals surface area contributed by atoms with E-state index in [1.807, 2.05) is 35.8 Å². The highest BCUT2D eigenvalue weighted by Gasteiger charge is 2.10. The molecule has 1 aromatic carbocycles. The van der Waals surface area contributed by atoms with Gasteiger partial charge in [-0.2, -0.15) is 0 Å². The molecule has 0 fully saturated rings. The quantitative estimate of drug-likeness (QED) is 0.427. The third-order valence-corrected chi connectivity index (χ3v) is 5.67. The first kappa shape index (κ1) is 16.9. The van der Waals surface area contributed by atoms with Crippen LogP contribution < -0.4 is 5.32 Å². The van der Waals surface area contributed by atoms with Crippen LogP contribution in [0.1, 0.15) is 5.56 Å². The number of nitrogens with one attached hydrogen (secondary N) is 3. The minimum atomic E-state index is -0.0164. The summed E-state index contributed by atoms with van der Waals surface area (Å²) in [7, 11) is 0. The summed E-state index contributed by atoms with van der Waals surface area (Å²) >= 11 is 2.93. The molecule has 1 amide bonds. The van der Waals surface area contributed by atoms with Crippen LogP contribution in [0.4, 0.5) is 0 Å². The minimum absolute atomic E-state index is 0.0164. The van der Waals surface area contributed by atoms with Gasteiger partial charge in [-0.3, -0.25) is 9.89 Å². The van der Waals surface area contributed by atoms with Gasteiger partial charge in [0.1, 0.15) is 0 Å². The lowest BCUT2D eigenvalue weighted by molar-refractivity contribution is -0.118. The van der Waals surface area contributed by atoms with Gasteiger partial charge in [-0.1, -0.05) is 36.0 Å². The number of benzene rings is 1. The van der Waals surface area contributed by atoms with Crippen molar-refractivity contribution >= 4 is 39.9 Å². The molecule has 0 aliphatic rings. The first-order valence-corrected chi connectivity index (χ1v) is 10.1. The van der Waals surface area contributed by atoms with Crippen LogP contribution in [-0.2, 0) is 11.2 Å². The molecule has 4 aromatic rings. The van der Waals surface area contributed by atoms with Crippen molar-refractivity contribution in [2.45, 2.75) is 11.6 Å². The molecular weight excluding hydrogens is 366 g/mol. The summed E-state index contributed by atoms with van der Waals surface area (Å²) in [5, 5.41) is 13.8. The summed E-state index contributed by atoms with van der Waals surface area (Å²) in [5.74, 6) is 1.02. The molecule has 132 valence electrons. The number of para-hydroxylation sites is 1. The van der Waals surface area contributed by atoms with E-state index in [4.69, 9.17) is 0 Å². The van der Waals surface area contributed by atoms with Crippen molar-refractivity contribution in [2.24, 2.45) is 0 Å². The van der Waals surface area contributed by atoms with Crippen LogP contribution in [-0.4, -0.2) is 38.4 Å². The Morgan fingerprint density at radius 3 is 3.04 bits per heavy atom. The van der Waals surface area contributed by atoms with Crippen LogP contribution in [0.25, 0.3) is 21.6 Å². The van der Waals surface area contributed by atoms with Gasteiger partial charge in [0.2, 0.25) is 11.1 Å². The second-order valence-corrected chi connectivity index (χ2v) is 7.58. The average molecular weight is 384 g/mol. The van der Waals surface area contributed by atoms with Gasteiger partial charge in [-0.05, 0) is 29.5 Å². The Kier molecular flexibility index (Phi) is 5.03. The fourth-order valence-electron chi connectivity index (χ4n) is 2.69. The molecule has 0 radical (unpaired) electrons. The van der Waals surface area contributed by atoms with Gasteiger partial charge >= 0.3 is 0 Å². The van der Waals surface area contributed by atoms with Crippen molar-refractivity contribution in [1.29, 1.82) is 0 Å². The van der Waals surface area contributed by atoms with E-state index < -0.39 is 0 Å². The van der Waals surface area contributed by atoms with Crippen LogP contribution in [0.2, 0.25) is 0 Å². The molecule has 6 nitrogen and oxygen atoms in total. The highest BCUT2D eigenvalue weighted by atomic mass is 32.2. The molecule has 0 aliphatic carbocycles. The summed E-state index contributed by atoms with van der Waals surface area (Å²) in [6.07, 6.45) is 2.80. The number of hydrogen-bond acceptors (Lipinski definition) is 5. The number of aromatic nitrogens is 4. The maximum Gasteiger partial charge on any atom is 0.230 e. The number of nitrogens with zero attached hydrogens (tertiary/aromatic N) is 2. The fourth-order valence-corrected chi connectivity index (χ4v) is 3.98. The highest BCUT2D eigenvalue weighted by molar-refractivity contribution is 7.99.